The number of benzene rings is 2. The molecular formula is C30H32FN5O2. The Morgan fingerprint density at radius 1 is 1.05 bits per heavy atom. The predicted octanol–water partition coefficient (Wildman–Crippen LogP) is 4.60. The lowest BCUT2D eigenvalue weighted by Crippen LogP contribution is -2.46. The molecule has 0 bridgehead atoms. The molecule has 0 aliphatic carbocycles. The quantitative estimate of drug-likeness (QED) is 0.321. The molecule has 2 aromatic carbocycles. The van der Waals surface area contributed by atoms with Gasteiger partial charge in [-0.25, -0.2) is 14.2 Å². The maximum Gasteiger partial charge on any atom is 0.337 e. The van der Waals surface area contributed by atoms with Gasteiger partial charge in [0.15, 0.2) is 5.82 Å². The molecule has 1 aliphatic heterocycles. The van der Waals surface area contributed by atoms with Crippen molar-refractivity contribution in [1.82, 2.24) is 24.3 Å². The van der Waals surface area contributed by atoms with Gasteiger partial charge in [0.05, 0.1) is 24.6 Å². The highest BCUT2D eigenvalue weighted by molar-refractivity contribution is 5.90. The number of methoxy groups -OCH3 is 1. The summed E-state index contributed by atoms with van der Waals surface area (Å²) in [5.74, 6) is 0.0308. The van der Waals surface area contributed by atoms with Crippen LogP contribution >= 0.6 is 0 Å². The molecule has 0 amide bonds. The molecular weight excluding hydrogens is 481 g/mol. The van der Waals surface area contributed by atoms with Crippen LogP contribution in [0.15, 0.2) is 79.1 Å². The number of carbonyl (C=O) groups is 1. The third-order valence-corrected chi connectivity index (χ3v) is 7.13. The zero-order chi connectivity index (χ0) is 26.5. The maximum absolute atomic E-state index is 13.5. The number of ether oxygens (including phenoxy) is 1. The fourth-order valence-corrected chi connectivity index (χ4v) is 5.03. The van der Waals surface area contributed by atoms with Crippen LogP contribution in [0.4, 0.5) is 4.39 Å². The van der Waals surface area contributed by atoms with E-state index in [4.69, 9.17) is 9.72 Å². The van der Waals surface area contributed by atoms with Gasteiger partial charge in [0, 0.05) is 45.0 Å². The van der Waals surface area contributed by atoms with Crippen LogP contribution in [0.3, 0.4) is 0 Å². The Bertz CT molecular complexity index is 1370. The van der Waals surface area contributed by atoms with Crippen molar-refractivity contribution in [3.8, 4) is 11.5 Å². The van der Waals surface area contributed by atoms with Gasteiger partial charge < -0.3 is 14.2 Å². The Morgan fingerprint density at radius 3 is 2.61 bits per heavy atom. The average Bonchev–Trinajstić information content (AvgIpc) is 3.36. The highest BCUT2D eigenvalue weighted by Crippen LogP contribution is 2.28. The van der Waals surface area contributed by atoms with Crippen LogP contribution in [0.25, 0.3) is 11.5 Å². The molecule has 0 N–H and O–H groups in total. The summed E-state index contributed by atoms with van der Waals surface area (Å²) in [6.45, 7) is 4.24. The summed E-state index contributed by atoms with van der Waals surface area (Å²) in [6, 6.07) is 20.8. The van der Waals surface area contributed by atoms with Gasteiger partial charge in [-0.05, 0) is 48.9 Å². The van der Waals surface area contributed by atoms with Gasteiger partial charge >= 0.3 is 5.97 Å². The number of aryl methyl sites for hydroxylation is 1. The summed E-state index contributed by atoms with van der Waals surface area (Å²) in [5.41, 5.74) is 4.43. The monoisotopic (exact) mass is 513 g/mol. The molecule has 0 radical (unpaired) electrons. The van der Waals surface area contributed by atoms with Crippen LogP contribution in [-0.4, -0.2) is 64.1 Å². The molecule has 8 heteroatoms. The number of halogens is 1. The third kappa shape index (κ3) is 5.82. The number of aromatic nitrogens is 3. The Morgan fingerprint density at radius 2 is 1.84 bits per heavy atom. The van der Waals surface area contributed by atoms with E-state index in [1.807, 2.05) is 24.4 Å². The van der Waals surface area contributed by atoms with Gasteiger partial charge in [0.2, 0.25) is 0 Å². The largest absolute Gasteiger partial charge is 0.465 e. The number of imidazole rings is 1. The zero-order valence-corrected chi connectivity index (χ0v) is 21.8. The van der Waals surface area contributed by atoms with E-state index in [1.165, 1.54) is 24.8 Å². The number of esters is 1. The first-order chi connectivity index (χ1) is 18.5. The number of nitrogens with zero attached hydrogens (tertiary/aromatic N) is 5. The Labute approximate surface area is 222 Å². The van der Waals surface area contributed by atoms with Crippen molar-refractivity contribution in [3.63, 3.8) is 0 Å². The van der Waals surface area contributed by atoms with Gasteiger partial charge in [-0.15, -0.1) is 0 Å². The molecule has 5 rings (SSSR count). The summed E-state index contributed by atoms with van der Waals surface area (Å²) in [5, 5.41) is 0. The van der Waals surface area contributed by atoms with Crippen molar-refractivity contribution >= 4 is 5.97 Å². The van der Waals surface area contributed by atoms with Crippen molar-refractivity contribution in [2.24, 2.45) is 0 Å². The van der Waals surface area contributed by atoms with E-state index >= 15 is 0 Å². The number of piperazine rings is 1. The first-order valence-electron chi connectivity index (χ1n) is 12.8. The molecule has 0 spiro atoms. The smallest absolute Gasteiger partial charge is 0.337 e. The van der Waals surface area contributed by atoms with Crippen molar-refractivity contribution in [1.29, 1.82) is 0 Å². The summed E-state index contributed by atoms with van der Waals surface area (Å²) in [4.78, 5) is 26.3. The van der Waals surface area contributed by atoms with Crippen LogP contribution in [0.2, 0.25) is 0 Å². The van der Waals surface area contributed by atoms with Crippen LogP contribution < -0.4 is 0 Å². The predicted molar refractivity (Wildman–Crippen MR) is 144 cm³/mol. The maximum atomic E-state index is 13.5. The highest BCUT2D eigenvalue weighted by Gasteiger charge is 2.28. The Hall–Kier alpha value is -3.88. The van der Waals surface area contributed by atoms with E-state index in [0.29, 0.717) is 30.0 Å². The molecule has 4 aromatic rings. The minimum atomic E-state index is -0.415. The van der Waals surface area contributed by atoms with Crippen LogP contribution in [-0.2, 0) is 24.2 Å². The van der Waals surface area contributed by atoms with Gasteiger partial charge in [0.25, 0.3) is 0 Å². The lowest BCUT2D eigenvalue weighted by Gasteiger charge is -2.40. The summed E-state index contributed by atoms with van der Waals surface area (Å²) in [7, 11) is 3.53. The van der Waals surface area contributed by atoms with E-state index < -0.39 is 5.97 Å². The third-order valence-electron chi connectivity index (χ3n) is 7.13. The molecule has 38 heavy (non-hydrogen) atoms. The molecule has 1 aliphatic rings. The molecule has 1 saturated heterocycles. The van der Waals surface area contributed by atoms with Crippen LogP contribution in [0.5, 0.6) is 0 Å². The molecule has 0 saturated carbocycles. The Balaban J connectivity index is 1.48. The van der Waals surface area contributed by atoms with Gasteiger partial charge in [-0.1, -0.05) is 42.5 Å². The second-order valence-corrected chi connectivity index (χ2v) is 9.68. The number of likely N-dealkylation sites (N-methyl/N-ethyl adjacent to an activating group) is 1. The van der Waals surface area contributed by atoms with E-state index in [0.717, 1.165) is 37.4 Å². The molecule has 7 nitrogen and oxygen atoms in total. The van der Waals surface area contributed by atoms with Crippen LogP contribution in [0, 0.1) is 5.82 Å². The Kier molecular flexibility index (Phi) is 7.91. The minimum absolute atomic E-state index is 0.247. The normalized spacial score (nSPS) is 16.4. The summed E-state index contributed by atoms with van der Waals surface area (Å²) < 4.78 is 20.6. The fraction of sp³-hybridized carbons (Fsp3) is 0.300. The number of rotatable bonds is 8. The van der Waals surface area contributed by atoms with E-state index in [1.54, 1.807) is 18.3 Å². The first-order valence-corrected chi connectivity index (χ1v) is 12.8. The molecule has 3 heterocycles. The zero-order valence-electron chi connectivity index (χ0n) is 21.8. The lowest BCUT2D eigenvalue weighted by molar-refractivity contribution is 0.0600. The number of hydrogen-bond acceptors (Lipinski definition) is 6. The van der Waals surface area contributed by atoms with Crippen molar-refractivity contribution in [3.05, 3.63) is 107 Å². The molecule has 1 unspecified atom stereocenters. The number of hydrogen-bond donors (Lipinski definition) is 0. The minimum Gasteiger partial charge on any atom is -0.465 e. The standard InChI is InChI=1S/C30H32FN5O2/c1-34-16-17-35(28(21-34)23-6-4-3-5-7-23)20-26-19-33-29(27-18-24(12-14-32-27)30(37)38-2)36(26)15-13-22-8-10-25(31)11-9-22/h3-12,14,18-19,28H,13,15-17,20-21H2,1-2H3. The average molecular weight is 514 g/mol. The van der Waals surface area contributed by atoms with Gasteiger partial charge in [-0.3, -0.25) is 9.88 Å². The van der Waals surface area contributed by atoms with E-state index in [-0.39, 0.29) is 11.9 Å². The van der Waals surface area contributed by atoms with Crippen molar-refractivity contribution in [2.45, 2.75) is 25.6 Å². The van der Waals surface area contributed by atoms with Crippen LogP contribution in [0.1, 0.15) is 33.2 Å². The lowest BCUT2D eigenvalue weighted by atomic mass is 10.0. The highest BCUT2D eigenvalue weighted by atomic mass is 19.1. The molecule has 1 fully saturated rings. The SMILES string of the molecule is COC(=O)c1ccnc(-c2ncc(CN3CCN(C)CC3c3ccccc3)n2CCc2ccc(F)cc2)c1. The first kappa shape index (κ1) is 25.8. The molecule has 2 aromatic heterocycles. The van der Waals surface area contributed by atoms with Crippen molar-refractivity contribution in [2.75, 3.05) is 33.8 Å². The molecule has 196 valence electrons. The van der Waals surface area contributed by atoms with Gasteiger partial charge in [0.1, 0.15) is 11.5 Å². The summed E-state index contributed by atoms with van der Waals surface area (Å²) in [6.07, 6.45) is 4.22. The summed E-state index contributed by atoms with van der Waals surface area (Å²) >= 11 is 0. The van der Waals surface area contributed by atoms with E-state index in [9.17, 15) is 9.18 Å². The number of carbonyl (C=O) groups excluding carboxylic acids is 1. The second kappa shape index (κ2) is 11.7. The van der Waals surface area contributed by atoms with E-state index in [2.05, 4.69) is 50.7 Å². The fourth-order valence-electron chi connectivity index (χ4n) is 5.03. The number of pyridine rings is 1. The molecule has 1 atom stereocenters. The second-order valence-electron chi connectivity index (χ2n) is 9.68. The topological polar surface area (TPSA) is 63.5 Å². The van der Waals surface area contributed by atoms with Crippen molar-refractivity contribution < 1.29 is 13.9 Å². The van der Waals surface area contributed by atoms with Gasteiger partial charge in [-0.2, -0.15) is 0 Å².